The maximum Gasteiger partial charge on any atom is 0.227 e. The lowest BCUT2D eigenvalue weighted by molar-refractivity contribution is -0.119. The number of rotatable bonds is 6. The first-order chi connectivity index (χ1) is 8.54. The first-order valence-corrected chi connectivity index (χ1v) is 6.16. The lowest BCUT2D eigenvalue weighted by Crippen LogP contribution is -2.21. The largest absolute Gasteiger partial charge is 0.330 e. The summed E-state index contributed by atoms with van der Waals surface area (Å²) in [7, 11) is 0. The lowest BCUT2D eigenvalue weighted by atomic mass is 10.0. The van der Waals surface area contributed by atoms with Crippen molar-refractivity contribution in [1.82, 2.24) is 0 Å². The van der Waals surface area contributed by atoms with Gasteiger partial charge in [-0.05, 0) is 50.6 Å². The maximum atomic E-state index is 11.8. The second kappa shape index (κ2) is 6.91. The molecular weight excluding hydrogens is 228 g/mol. The molecule has 1 rings (SSSR count). The van der Waals surface area contributed by atoms with E-state index in [1.54, 1.807) is 24.3 Å². The fraction of sp³-hybridized carbons (Fsp3) is 0.429. The van der Waals surface area contributed by atoms with Gasteiger partial charge in [0.1, 0.15) is 0 Å². The Morgan fingerprint density at radius 2 is 1.89 bits per heavy atom. The molecule has 1 aromatic carbocycles. The van der Waals surface area contributed by atoms with Crippen LogP contribution in [0.2, 0.25) is 0 Å². The summed E-state index contributed by atoms with van der Waals surface area (Å²) in [6.07, 6.45) is 1.63. The predicted octanol–water partition coefficient (Wildman–Crippen LogP) is 2.20. The van der Waals surface area contributed by atoms with E-state index in [1.807, 2.05) is 6.92 Å². The van der Waals surface area contributed by atoms with Crippen LogP contribution >= 0.6 is 0 Å². The van der Waals surface area contributed by atoms with E-state index in [4.69, 9.17) is 5.73 Å². The van der Waals surface area contributed by atoms with Crippen LogP contribution in [0.5, 0.6) is 0 Å². The molecule has 1 amide bonds. The molecule has 0 bridgehead atoms. The van der Waals surface area contributed by atoms with Crippen molar-refractivity contribution in [3.05, 3.63) is 29.8 Å². The molecule has 1 aromatic rings. The van der Waals surface area contributed by atoms with Gasteiger partial charge in [0.05, 0.1) is 0 Å². The monoisotopic (exact) mass is 248 g/mol. The highest BCUT2D eigenvalue weighted by molar-refractivity contribution is 5.96. The molecule has 0 aliphatic heterocycles. The zero-order valence-electron chi connectivity index (χ0n) is 10.9. The number of anilines is 1. The Bertz CT molecular complexity index is 412. The van der Waals surface area contributed by atoms with Crippen LogP contribution in [-0.2, 0) is 4.79 Å². The fourth-order valence-electron chi connectivity index (χ4n) is 1.61. The summed E-state index contributed by atoms with van der Waals surface area (Å²) in [5.74, 6) is -0.0516. The van der Waals surface area contributed by atoms with Crippen molar-refractivity contribution >= 4 is 17.4 Å². The van der Waals surface area contributed by atoms with Gasteiger partial charge in [0.25, 0.3) is 0 Å². The normalized spacial score (nSPS) is 11.9. The Balaban J connectivity index is 2.56. The van der Waals surface area contributed by atoms with Gasteiger partial charge in [-0.15, -0.1) is 0 Å². The summed E-state index contributed by atoms with van der Waals surface area (Å²) in [4.78, 5) is 22.9. The van der Waals surface area contributed by atoms with Crippen molar-refractivity contribution in [1.29, 1.82) is 0 Å². The second-order valence-electron chi connectivity index (χ2n) is 4.45. The predicted molar refractivity (Wildman–Crippen MR) is 72.5 cm³/mol. The Morgan fingerprint density at radius 3 is 2.39 bits per heavy atom. The van der Waals surface area contributed by atoms with Crippen LogP contribution in [0.15, 0.2) is 24.3 Å². The average molecular weight is 248 g/mol. The van der Waals surface area contributed by atoms with E-state index < -0.39 is 0 Å². The molecule has 18 heavy (non-hydrogen) atoms. The van der Waals surface area contributed by atoms with Crippen LogP contribution < -0.4 is 11.1 Å². The number of nitrogens with one attached hydrogen (secondary N) is 1. The van der Waals surface area contributed by atoms with E-state index >= 15 is 0 Å². The molecule has 4 heteroatoms. The van der Waals surface area contributed by atoms with Crippen molar-refractivity contribution in [2.24, 2.45) is 11.7 Å². The maximum absolute atomic E-state index is 11.8. The molecule has 4 nitrogen and oxygen atoms in total. The highest BCUT2D eigenvalue weighted by Crippen LogP contribution is 2.13. The summed E-state index contributed by atoms with van der Waals surface area (Å²) in [5, 5.41) is 2.83. The van der Waals surface area contributed by atoms with Gasteiger partial charge in [-0.2, -0.15) is 0 Å². The number of amides is 1. The highest BCUT2D eigenvalue weighted by atomic mass is 16.1. The van der Waals surface area contributed by atoms with Gasteiger partial charge >= 0.3 is 0 Å². The average Bonchev–Trinajstić information content (AvgIpc) is 2.36. The SMILES string of the molecule is CC(=O)c1ccc(NC(=O)C(C)CCCN)cc1. The number of carbonyl (C=O) groups excluding carboxylic acids is 2. The molecule has 0 spiro atoms. The van der Waals surface area contributed by atoms with Crippen molar-refractivity contribution < 1.29 is 9.59 Å². The zero-order valence-corrected chi connectivity index (χ0v) is 10.9. The van der Waals surface area contributed by atoms with Crippen LogP contribution in [0.4, 0.5) is 5.69 Å². The van der Waals surface area contributed by atoms with E-state index in [2.05, 4.69) is 5.32 Å². The van der Waals surface area contributed by atoms with Crippen molar-refractivity contribution in [3.63, 3.8) is 0 Å². The number of hydrogen-bond acceptors (Lipinski definition) is 3. The van der Waals surface area contributed by atoms with Gasteiger partial charge in [-0.25, -0.2) is 0 Å². The molecule has 0 aromatic heterocycles. The van der Waals surface area contributed by atoms with E-state index in [0.717, 1.165) is 12.8 Å². The lowest BCUT2D eigenvalue weighted by Gasteiger charge is -2.11. The third kappa shape index (κ3) is 4.30. The number of nitrogens with two attached hydrogens (primary N) is 1. The van der Waals surface area contributed by atoms with E-state index in [-0.39, 0.29) is 17.6 Å². The quantitative estimate of drug-likeness (QED) is 0.758. The molecule has 0 aliphatic carbocycles. The summed E-state index contributed by atoms with van der Waals surface area (Å²) in [5.41, 5.74) is 6.77. The Labute approximate surface area is 108 Å². The molecule has 0 saturated carbocycles. The molecule has 0 fully saturated rings. The van der Waals surface area contributed by atoms with Gasteiger partial charge in [-0.1, -0.05) is 6.92 Å². The summed E-state index contributed by atoms with van der Waals surface area (Å²) >= 11 is 0. The second-order valence-corrected chi connectivity index (χ2v) is 4.45. The van der Waals surface area contributed by atoms with Crippen molar-refractivity contribution in [3.8, 4) is 0 Å². The first kappa shape index (κ1) is 14.4. The molecule has 0 saturated heterocycles. The Hall–Kier alpha value is -1.68. The van der Waals surface area contributed by atoms with E-state index in [0.29, 0.717) is 17.8 Å². The molecule has 3 N–H and O–H groups in total. The Kier molecular flexibility index (Phi) is 5.52. The summed E-state index contributed by atoms with van der Waals surface area (Å²) in [6.45, 7) is 4.00. The van der Waals surface area contributed by atoms with Gasteiger partial charge < -0.3 is 11.1 Å². The van der Waals surface area contributed by atoms with Crippen LogP contribution in [-0.4, -0.2) is 18.2 Å². The molecule has 98 valence electrons. The molecule has 0 heterocycles. The number of benzene rings is 1. The first-order valence-electron chi connectivity index (χ1n) is 6.16. The molecule has 1 unspecified atom stereocenters. The zero-order chi connectivity index (χ0) is 13.5. The Morgan fingerprint density at radius 1 is 1.28 bits per heavy atom. The molecule has 0 aliphatic rings. The van der Waals surface area contributed by atoms with Crippen LogP contribution in [0, 0.1) is 5.92 Å². The van der Waals surface area contributed by atoms with E-state index in [1.165, 1.54) is 6.92 Å². The minimum Gasteiger partial charge on any atom is -0.330 e. The minimum atomic E-state index is -0.0546. The molecular formula is C14H20N2O2. The third-order valence-corrected chi connectivity index (χ3v) is 2.85. The fourth-order valence-corrected chi connectivity index (χ4v) is 1.61. The smallest absolute Gasteiger partial charge is 0.227 e. The third-order valence-electron chi connectivity index (χ3n) is 2.85. The van der Waals surface area contributed by atoms with Crippen LogP contribution in [0.3, 0.4) is 0 Å². The van der Waals surface area contributed by atoms with Gasteiger partial charge in [0, 0.05) is 17.2 Å². The van der Waals surface area contributed by atoms with Gasteiger partial charge in [-0.3, -0.25) is 9.59 Å². The number of hydrogen-bond donors (Lipinski definition) is 2. The summed E-state index contributed by atoms with van der Waals surface area (Å²) < 4.78 is 0. The van der Waals surface area contributed by atoms with Gasteiger partial charge in [0.2, 0.25) is 5.91 Å². The van der Waals surface area contributed by atoms with Crippen molar-refractivity contribution in [2.75, 3.05) is 11.9 Å². The topological polar surface area (TPSA) is 72.2 Å². The molecule has 1 atom stereocenters. The van der Waals surface area contributed by atoms with E-state index in [9.17, 15) is 9.59 Å². The van der Waals surface area contributed by atoms with Crippen LogP contribution in [0.1, 0.15) is 37.0 Å². The summed E-state index contributed by atoms with van der Waals surface area (Å²) in [6, 6.07) is 6.90. The number of carbonyl (C=O) groups is 2. The standard InChI is InChI=1S/C14H20N2O2/c1-10(4-3-9-15)14(18)16-13-7-5-12(6-8-13)11(2)17/h5-8,10H,3-4,9,15H2,1-2H3,(H,16,18). The van der Waals surface area contributed by atoms with Gasteiger partial charge in [0.15, 0.2) is 5.78 Å². The number of Topliss-reactive ketones (excluding diaryl/α,β-unsaturated/α-hetero) is 1. The highest BCUT2D eigenvalue weighted by Gasteiger charge is 2.12. The minimum absolute atomic E-state index is 0.0148. The van der Waals surface area contributed by atoms with Crippen LogP contribution in [0.25, 0.3) is 0 Å². The van der Waals surface area contributed by atoms with Crippen molar-refractivity contribution in [2.45, 2.75) is 26.7 Å². The number of ketones is 1. The molecule has 0 radical (unpaired) electrons.